The Kier molecular flexibility index (Phi) is 3.75. The number of amides is 2. The molecule has 2 amide bonds. The van der Waals surface area contributed by atoms with Crippen molar-refractivity contribution < 1.29 is 34.8 Å². The zero-order chi connectivity index (χ0) is 16.1. The van der Waals surface area contributed by atoms with E-state index in [1.807, 2.05) is 0 Å². The van der Waals surface area contributed by atoms with Crippen molar-refractivity contribution in [3.8, 4) is 0 Å². The first kappa shape index (κ1) is 16.1. The normalized spacial score (nSPS) is 40.6. The summed E-state index contributed by atoms with van der Waals surface area (Å²) in [5, 5.41) is 43.9. The maximum absolute atomic E-state index is 12.3. The molecule has 3 saturated heterocycles. The highest BCUT2D eigenvalue weighted by Gasteiger charge is 2.63. The molecule has 5 atom stereocenters. The van der Waals surface area contributed by atoms with E-state index in [0.717, 1.165) is 6.92 Å². The van der Waals surface area contributed by atoms with Gasteiger partial charge < -0.3 is 35.8 Å². The van der Waals surface area contributed by atoms with E-state index in [4.69, 9.17) is 9.84 Å². The lowest BCUT2D eigenvalue weighted by Gasteiger charge is -2.50. The SMILES string of the molecule is CC1CCOC2([C@H](O)[C@](C)(O)CO)NC(=O)[C@@]1(O)NC2=O. The lowest BCUT2D eigenvalue weighted by molar-refractivity contribution is -0.240. The molecule has 9 heteroatoms. The first-order valence-electron chi connectivity index (χ1n) is 6.63. The van der Waals surface area contributed by atoms with E-state index in [-0.39, 0.29) is 13.0 Å². The highest BCUT2D eigenvalue weighted by atomic mass is 16.5. The minimum absolute atomic E-state index is 0.0320. The van der Waals surface area contributed by atoms with Gasteiger partial charge in [0, 0.05) is 5.92 Å². The zero-order valence-electron chi connectivity index (χ0n) is 11.8. The van der Waals surface area contributed by atoms with E-state index >= 15 is 0 Å². The Balaban J connectivity index is 2.45. The van der Waals surface area contributed by atoms with Crippen molar-refractivity contribution in [2.24, 2.45) is 5.92 Å². The Morgan fingerprint density at radius 2 is 2.05 bits per heavy atom. The van der Waals surface area contributed by atoms with Gasteiger partial charge in [-0.2, -0.15) is 0 Å². The quantitative estimate of drug-likeness (QED) is 0.321. The van der Waals surface area contributed by atoms with Crippen LogP contribution in [0, 0.1) is 5.92 Å². The summed E-state index contributed by atoms with van der Waals surface area (Å²) in [7, 11) is 0. The van der Waals surface area contributed by atoms with Gasteiger partial charge >= 0.3 is 0 Å². The molecule has 3 aliphatic heterocycles. The number of rotatable bonds is 3. The van der Waals surface area contributed by atoms with Crippen LogP contribution < -0.4 is 10.6 Å². The number of fused-ring (bicyclic) bond motifs is 5. The zero-order valence-corrected chi connectivity index (χ0v) is 11.8. The molecule has 2 bridgehead atoms. The molecule has 0 saturated carbocycles. The van der Waals surface area contributed by atoms with Crippen molar-refractivity contribution >= 4 is 11.8 Å². The second kappa shape index (κ2) is 4.89. The highest BCUT2D eigenvalue weighted by Crippen LogP contribution is 2.33. The van der Waals surface area contributed by atoms with E-state index in [1.54, 1.807) is 6.92 Å². The summed E-state index contributed by atoms with van der Waals surface area (Å²) in [6, 6.07) is 0. The van der Waals surface area contributed by atoms with Crippen LogP contribution in [0.25, 0.3) is 0 Å². The Bertz CT molecular complexity index is 469. The molecule has 3 aliphatic rings. The van der Waals surface area contributed by atoms with Crippen molar-refractivity contribution in [3.05, 3.63) is 0 Å². The van der Waals surface area contributed by atoms with E-state index in [9.17, 15) is 24.9 Å². The summed E-state index contributed by atoms with van der Waals surface area (Å²) in [6.07, 6.45) is -1.68. The van der Waals surface area contributed by atoms with E-state index in [2.05, 4.69) is 10.6 Å². The molecule has 120 valence electrons. The number of hydrogen-bond donors (Lipinski definition) is 6. The molecule has 0 radical (unpaired) electrons. The summed E-state index contributed by atoms with van der Waals surface area (Å²) in [5.74, 6) is -2.53. The van der Waals surface area contributed by atoms with Gasteiger partial charge in [-0.25, -0.2) is 0 Å². The summed E-state index contributed by atoms with van der Waals surface area (Å²) < 4.78 is 5.33. The monoisotopic (exact) mass is 304 g/mol. The predicted octanol–water partition coefficient (Wildman–Crippen LogP) is -3.22. The van der Waals surface area contributed by atoms with Crippen LogP contribution in [0.3, 0.4) is 0 Å². The molecular weight excluding hydrogens is 284 g/mol. The summed E-state index contributed by atoms with van der Waals surface area (Å²) in [6.45, 7) is 1.78. The lowest BCUT2D eigenvalue weighted by atomic mass is 9.83. The fraction of sp³-hybridized carbons (Fsp3) is 0.833. The maximum Gasteiger partial charge on any atom is 0.278 e. The maximum atomic E-state index is 12.3. The van der Waals surface area contributed by atoms with Crippen LogP contribution in [0.5, 0.6) is 0 Å². The molecule has 6 N–H and O–H groups in total. The van der Waals surface area contributed by atoms with Crippen LogP contribution >= 0.6 is 0 Å². The highest BCUT2D eigenvalue weighted by molar-refractivity contribution is 6.01. The van der Waals surface area contributed by atoms with Gasteiger partial charge in [0.15, 0.2) is 0 Å². The molecule has 3 rings (SSSR count). The molecule has 0 aliphatic carbocycles. The second-order valence-corrected chi connectivity index (χ2v) is 5.87. The molecule has 21 heavy (non-hydrogen) atoms. The largest absolute Gasteiger partial charge is 0.393 e. The number of carbonyl (C=O) groups excluding carboxylic acids is 2. The number of hydrogen-bond acceptors (Lipinski definition) is 7. The van der Waals surface area contributed by atoms with Gasteiger partial charge in [-0.05, 0) is 13.3 Å². The predicted molar refractivity (Wildman–Crippen MR) is 67.4 cm³/mol. The molecule has 2 unspecified atom stereocenters. The minimum atomic E-state index is -2.27. The number of ether oxygens (including phenoxy) is 1. The molecule has 3 fully saturated rings. The standard InChI is InChI=1S/C12H20N2O7/c1-6-3-4-21-12(7(16)10(2,19)5-15)9(18)13-11(6,20)8(17)14-12/h6-7,15-16,19-20H,3-5H2,1-2H3,(H,13,18)(H,14,17)/t6?,7-,10-,11-,12?/m1/s1. The molecule has 0 aromatic heterocycles. The number of aliphatic hydroxyl groups is 4. The average molecular weight is 304 g/mol. The molecule has 0 spiro atoms. The van der Waals surface area contributed by atoms with Crippen molar-refractivity contribution in [1.29, 1.82) is 0 Å². The molecule has 9 nitrogen and oxygen atoms in total. The molecule has 0 aromatic carbocycles. The number of nitrogens with one attached hydrogen (secondary N) is 2. The van der Waals surface area contributed by atoms with Crippen molar-refractivity contribution in [1.82, 2.24) is 10.6 Å². The smallest absolute Gasteiger partial charge is 0.278 e. The van der Waals surface area contributed by atoms with Crippen LogP contribution in [0.4, 0.5) is 0 Å². The van der Waals surface area contributed by atoms with Crippen LogP contribution in [0.2, 0.25) is 0 Å². The van der Waals surface area contributed by atoms with Crippen molar-refractivity contribution in [2.45, 2.75) is 43.4 Å². The first-order chi connectivity index (χ1) is 9.60. The average Bonchev–Trinajstić information content (AvgIpc) is 2.42. The number of aliphatic hydroxyl groups excluding tert-OH is 2. The fourth-order valence-electron chi connectivity index (χ4n) is 2.49. The van der Waals surface area contributed by atoms with Gasteiger partial charge in [0.2, 0.25) is 5.72 Å². The Labute approximate surface area is 120 Å². The minimum Gasteiger partial charge on any atom is -0.393 e. The number of piperazine rings is 1. The Hall–Kier alpha value is -1.26. The van der Waals surface area contributed by atoms with Gasteiger partial charge in [0.05, 0.1) is 13.2 Å². The van der Waals surface area contributed by atoms with E-state index in [0.29, 0.717) is 0 Å². The number of carbonyl (C=O) groups is 2. The van der Waals surface area contributed by atoms with Crippen LogP contribution in [-0.2, 0) is 14.3 Å². The van der Waals surface area contributed by atoms with Crippen molar-refractivity contribution in [3.63, 3.8) is 0 Å². The third-order valence-corrected chi connectivity index (χ3v) is 4.17. The summed E-state index contributed by atoms with van der Waals surface area (Å²) >= 11 is 0. The third-order valence-electron chi connectivity index (χ3n) is 4.17. The van der Waals surface area contributed by atoms with Gasteiger partial charge in [-0.1, -0.05) is 6.92 Å². The third kappa shape index (κ3) is 2.21. The Morgan fingerprint density at radius 1 is 1.43 bits per heavy atom. The van der Waals surface area contributed by atoms with Gasteiger partial charge in [0.1, 0.15) is 11.7 Å². The first-order valence-corrected chi connectivity index (χ1v) is 6.63. The van der Waals surface area contributed by atoms with Crippen LogP contribution in [0.1, 0.15) is 20.3 Å². The molecular formula is C12H20N2O7. The Morgan fingerprint density at radius 3 is 2.62 bits per heavy atom. The van der Waals surface area contributed by atoms with E-state index in [1.165, 1.54) is 0 Å². The van der Waals surface area contributed by atoms with Crippen LogP contribution in [0.15, 0.2) is 0 Å². The molecule has 0 aromatic rings. The van der Waals surface area contributed by atoms with Gasteiger partial charge in [0.25, 0.3) is 17.5 Å². The van der Waals surface area contributed by atoms with Crippen molar-refractivity contribution in [2.75, 3.05) is 13.2 Å². The second-order valence-electron chi connectivity index (χ2n) is 5.87. The van der Waals surface area contributed by atoms with Gasteiger partial charge in [-0.3, -0.25) is 9.59 Å². The summed E-state index contributed by atoms with van der Waals surface area (Å²) in [5.41, 5.74) is -6.46. The van der Waals surface area contributed by atoms with Gasteiger partial charge in [-0.15, -0.1) is 0 Å². The summed E-state index contributed by atoms with van der Waals surface area (Å²) in [4.78, 5) is 24.4. The van der Waals surface area contributed by atoms with E-state index < -0.39 is 47.5 Å². The molecule has 3 heterocycles. The van der Waals surface area contributed by atoms with Crippen LogP contribution in [-0.4, -0.2) is 68.6 Å². The topological polar surface area (TPSA) is 148 Å². The fourth-order valence-corrected chi connectivity index (χ4v) is 2.49. The lowest BCUT2D eigenvalue weighted by Crippen LogP contribution is -2.83.